The van der Waals surface area contributed by atoms with Crippen molar-refractivity contribution in [2.24, 2.45) is 7.05 Å². The maximum Gasteiger partial charge on any atom is 0.216 e. The van der Waals surface area contributed by atoms with Gasteiger partial charge in [0, 0.05) is 13.2 Å². The molecule has 0 aliphatic heterocycles. The summed E-state index contributed by atoms with van der Waals surface area (Å²) < 4.78 is 12.4. The lowest BCUT2D eigenvalue weighted by molar-refractivity contribution is 0.0911. The van der Waals surface area contributed by atoms with Crippen molar-refractivity contribution in [2.75, 3.05) is 13.7 Å². The van der Waals surface area contributed by atoms with Crippen LogP contribution in [0.5, 0.6) is 11.5 Å². The van der Waals surface area contributed by atoms with E-state index >= 15 is 0 Å². The van der Waals surface area contributed by atoms with Crippen LogP contribution in [-0.2, 0) is 7.05 Å². The maximum atomic E-state index is 11.9. The number of benzene rings is 1. The Kier molecular flexibility index (Phi) is 3.67. The molecule has 0 unspecified atom stereocenters. The number of para-hydroxylation sites is 2. The minimum Gasteiger partial charge on any atom is -0.493 e. The van der Waals surface area contributed by atoms with E-state index in [1.54, 1.807) is 29.9 Å². The number of rotatable bonds is 5. The number of Topliss-reactive ketones (excluding diaryl/α,β-unsaturated/α-hetero) is 1. The van der Waals surface area contributed by atoms with Crippen molar-refractivity contribution in [1.29, 1.82) is 0 Å². The van der Waals surface area contributed by atoms with Crippen LogP contribution in [0.4, 0.5) is 0 Å². The van der Waals surface area contributed by atoms with Crippen LogP contribution < -0.4 is 9.47 Å². The zero-order chi connectivity index (χ0) is 13.0. The van der Waals surface area contributed by atoms with Gasteiger partial charge in [-0.3, -0.25) is 4.79 Å². The van der Waals surface area contributed by atoms with Gasteiger partial charge >= 0.3 is 0 Å². The molecule has 94 valence electrons. The van der Waals surface area contributed by atoms with Crippen LogP contribution in [0.1, 0.15) is 10.5 Å². The third kappa shape index (κ3) is 2.53. The Labute approximate surface area is 106 Å². The van der Waals surface area contributed by atoms with Gasteiger partial charge in [0.15, 0.2) is 18.1 Å². The van der Waals surface area contributed by atoms with Crippen LogP contribution in [0.3, 0.4) is 0 Å². The fourth-order valence-corrected chi connectivity index (χ4v) is 1.71. The van der Waals surface area contributed by atoms with Gasteiger partial charge < -0.3 is 14.0 Å². The van der Waals surface area contributed by atoms with Crippen molar-refractivity contribution >= 4 is 5.78 Å². The Bertz CT molecular complexity index is 545. The molecule has 0 radical (unpaired) electrons. The first-order valence-corrected chi connectivity index (χ1v) is 5.62. The number of aromatic nitrogens is 1. The zero-order valence-corrected chi connectivity index (χ0v) is 10.4. The summed E-state index contributed by atoms with van der Waals surface area (Å²) >= 11 is 0. The van der Waals surface area contributed by atoms with Gasteiger partial charge in [0.25, 0.3) is 0 Å². The number of aryl methyl sites for hydroxylation is 1. The van der Waals surface area contributed by atoms with E-state index in [2.05, 4.69) is 0 Å². The first-order valence-electron chi connectivity index (χ1n) is 5.62. The highest BCUT2D eigenvalue weighted by Gasteiger charge is 2.11. The van der Waals surface area contributed by atoms with Crippen molar-refractivity contribution in [3.63, 3.8) is 0 Å². The molecule has 0 amide bonds. The van der Waals surface area contributed by atoms with Gasteiger partial charge in [-0.1, -0.05) is 12.1 Å². The van der Waals surface area contributed by atoms with Crippen molar-refractivity contribution in [3.8, 4) is 11.5 Å². The van der Waals surface area contributed by atoms with Gasteiger partial charge in [-0.05, 0) is 24.3 Å². The molecule has 0 saturated carbocycles. The molecular weight excluding hydrogens is 230 g/mol. The Hall–Kier alpha value is -2.23. The second kappa shape index (κ2) is 5.40. The minimum atomic E-state index is -0.0617. The van der Waals surface area contributed by atoms with E-state index in [9.17, 15) is 4.79 Å². The molecule has 1 heterocycles. The highest BCUT2D eigenvalue weighted by atomic mass is 16.5. The molecular formula is C14H15NO3. The van der Waals surface area contributed by atoms with Gasteiger partial charge in [-0.25, -0.2) is 0 Å². The van der Waals surface area contributed by atoms with Crippen molar-refractivity contribution < 1.29 is 14.3 Å². The van der Waals surface area contributed by atoms with Crippen LogP contribution in [0.25, 0.3) is 0 Å². The number of nitrogens with zero attached hydrogens (tertiary/aromatic N) is 1. The Morgan fingerprint density at radius 3 is 2.50 bits per heavy atom. The lowest BCUT2D eigenvalue weighted by Crippen LogP contribution is -2.14. The second-order valence-electron chi connectivity index (χ2n) is 3.87. The summed E-state index contributed by atoms with van der Waals surface area (Å²) in [6, 6.07) is 10.9. The second-order valence-corrected chi connectivity index (χ2v) is 3.87. The number of ether oxygens (including phenoxy) is 2. The first-order chi connectivity index (χ1) is 8.72. The highest BCUT2D eigenvalue weighted by Crippen LogP contribution is 2.25. The van der Waals surface area contributed by atoms with E-state index in [1.807, 2.05) is 31.4 Å². The summed E-state index contributed by atoms with van der Waals surface area (Å²) in [6.07, 6.45) is 1.83. The monoisotopic (exact) mass is 245 g/mol. The summed E-state index contributed by atoms with van der Waals surface area (Å²) in [6.45, 7) is -0.00176. The summed E-state index contributed by atoms with van der Waals surface area (Å²) in [7, 11) is 3.40. The van der Waals surface area contributed by atoms with E-state index in [-0.39, 0.29) is 12.4 Å². The number of hydrogen-bond donors (Lipinski definition) is 0. The van der Waals surface area contributed by atoms with E-state index < -0.39 is 0 Å². The van der Waals surface area contributed by atoms with E-state index in [0.29, 0.717) is 17.2 Å². The Balaban J connectivity index is 2.04. The Morgan fingerprint density at radius 1 is 1.17 bits per heavy atom. The third-order valence-electron chi connectivity index (χ3n) is 2.66. The van der Waals surface area contributed by atoms with Gasteiger partial charge in [-0.2, -0.15) is 0 Å². The van der Waals surface area contributed by atoms with Crippen LogP contribution in [0.15, 0.2) is 42.6 Å². The molecule has 1 aromatic carbocycles. The molecule has 0 bridgehead atoms. The van der Waals surface area contributed by atoms with Crippen molar-refractivity contribution in [2.45, 2.75) is 0 Å². The average molecular weight is 245 g/mol. The smallest absolute Gasteiger partial charge is 0.216 e. The number of carbonyl (C=O) groups is 1. The van der Waals surface area contributed by atoms with E-state index in [0.717, 1.165) is 0 Å². The third-order valence-corrected chi connectivity index (χ3v) is 2.66. The number of hydrogen-bond acceptors (Lipinski definition) is 3. The molecule has 4 nitrogen and oxygen atoms in total. The molecule has 0 aliphatic carbocycles. The molecule has 0 aliphatic rings. The van der Waals surface area contributed by atoms with Crippen LogP contribution in [0.2, 0.25) is 0 Å². The average Bonchev–Trinajstić information content (AvgIpc) is 2.82. The quantitative estimate of drug-likeness (QED) is 0.759. The molecule has 18 heavy (non-hydrogen) atoms. The fraction of sp³-hybridized carbons (Fsp3) is 0.214. The SMILES string of the molecule is COc1ccccc1OCC(=O)c1cccn1C. The number of carbonyl (C=O) groups excluding carboxylic acids is 1. The first kappa shape index (κ1) is 12.2. The predicted molar refractivity (Wildman–Crippen MR) is 68.2 cm³/mol. The molecule has 2 rings (SSSR count). The summed E-state index contributed by atoms with van der Waals surface area (Å²) in [5.74, 6) is 1.13. The molecule has 1 aromatic heterocycles. The summed E-state index contributed by atoms with van der Waals surface area (Å²) in [4.78, 5) is 11.9. The topological polar surface area (TPSA) is 40.5 Å². The van der Waals surface area contributed by atoms with Crippen molar-refractivity contribution in [3.05, 3.63) is 48.3 Å². The fourth-order valence-electron chi connectivity index (χ4n) is 1.71. The van der Waals surface area contributed by atoms with Crippen LogP contribution in [-0.4, -0.2) is 24.1 Å². The number of ketones is 1. The maximum absolute atomic E-state index is 11.9. The lowest BCUT2D eigenvalue weighted by Gasteiger charge is -2.09. The molecule has 2 aromatic rings. The molecule has 0 N–H and O–H groups in total. The lowest BCUT2D eigenvalue weighted by atomic mass is 10.3. The van der Waals surface area contributed by atoms with Crippen LogP contribution >= 0.6 is 0 Å². The summed E-state index contributed by atoms with van der Waals surface area (Å²) in [5, 5.41) is 0. The van der Waals surface area contributed by atoms with E-state index in [1.165, 1.54) is 0 Å². The molecule has 0 fully saturated rings. The standard InChI is InChI=1S/C14H15NO3/c1-15-9-5-6-11(15)12(16)10-18-14-8-4-3-7-13(14)17-2/h3-9H,10H2,1-2H3. The van der Waals surface area contributed by atoms with Crippen LogP contribution in [0, 0.1) is 0 Å². The molecule has 0 spiro atoms. The number of methoxy groups -OCH3 is 1. The molecule has 0 atom stereocenters. The van der Waals surface area contributed by atoms with E-state index in [4.69, 9.17) is 9.47 Å². The Morgan fingerprint density at radius 2 is 1.89 bits per heavy atom. The van der Waals surface area contributed by atoms with Crippen molar-refractivity contribution in [1.82, 2.24) is 4.57 Å². The normalized spacial score (nSPS) is 10.1. The molecule has 4 heteroatoms. The predicted octanol–water partition coefficient (Wildman–Crippen LogP) is 2.30. The summed E-state index contributed by atoms with van der Waals surface area (Å²) in [5.41, 5.74) is 0.630. The van der Waals surface area contributed by atoms with Gasteiger partial charge in [0.2, 0.25) is 5.78 Å². The van der Waals surface area contributed by atoms with Gasteiger partial charge in [0.05, 0.1) is 12.8 Å². The van der Waals surface area contributed by atoms with Gasteiger partial charge in [0.1, 0.15) is 0 Å². The zero-order valence-electron chi connectivity index (χ0n) is 10.4. The van der Waals surface area contributed by atoms with Gasteiger partial charge in [-0.15, -0.1) is 0 Å². The molecule has 0 saturated heterocycles. The largest absolute Gasteiger partial charge is 0.493 e. The minimum absolute atomic E-state index is 0.00176. The highest BCUT2D eigenvalue weighted by molar-refractivity contribution is 5.95.